The molecule has 1 atom stereocenters. The van der Waals surface area contributed by atoms with Crippen LogP contribution in [0, 0.1) is 11.3 Å². The van der Waals surface area contributed by atoms with Gasteiger partial charge in [-0.15, -0.1) is 0 Å². The largest absolute Gasteiger partial charge is 0.465 e. The van der Waals surface area contributed by atoms with E-state index in [0.29, 0.717) is 12.5 Å². The Labute approximate surface area is 106 Å². The normalized spacial score (nSPS) is 13.1. The fraction of sp³-hybridized carbons (Fsp3) is 0.800. The van der Waals surface area contributed by atoms with Gasteiger partial charge in [0.2, 0.25) is 0 Å². The Balaban J connectivity index is 3.68. The zero-order chi connectivity index (χ0) is 13.5. The average Bonchev–Trinajstić information content (AvgIpc) is 2.15. The van der Waals surface area contributed by atoms with Crippen molar-refractivity contribution >= 4 is 5.97 Å². The first kappa shape index (κ1) is 16.2. The average molecular weight is 240 g/mol. The summed E-state index contributed by atoms with van der Waals surface area (Å²) in [4.78, 5) is 11.5. The lowest BCUT2D eigenvalue weighted by Gasteiger charge is -2.17. The molecule has 0 radical (unpaired) electrons. The molecule has 0 saturated carbocycles. The molecule has 0 aromatic rings. The highest BCUT2D eigenvalue weighted by atomic mass is 16.5. The Hall–Kier alpha value is -0.790. The number of allylic oxidation sites excluding steroid dienone is 2. The van der Waals surface area contributed by atoms with Crippen LogP contribution in [-0.4, -0.2) is 12.6 Å². The monoisotopic (exact) mass is 240 g/mol. The number of carbonyl (C=O) groups is 1. The van der Waals surface area contributed by atoms with Crippen LogP contribution < -0.4 is 0 Å². The number of hydrogen-bond acceptors (Lipinski definition) is 2. The van der Waals surface area contributed by atoms with E-state index in [1.54, 1.807) is 0 Å². The van der Waals surface area contributed by atoms with Crippen molar-refractivity contribution in [3.05, 3.63) is 11.6 Å². The van der Waals surface area contributed by atoms with Crippen LogP contribution in [0.15, 0.2) is 11.6 Å². The smallest absolute Gasteiger partial charge is 0.311 e. The lowest BCUT2D eigenvalue weighted by molar-refractivity contribution is -0.153. The molecule has 0 aliphatic heterocycles. The van der Waals surface area contributed by atoms with E-state index < -0.39 is 0 Å². The van der Waals surface area contributed by atoms with Crippen LogP contribution in [0.3, 0.4) is 0 Å². The number of carbonyl (C=O) groups excluding carboxylic acids is 1. The number of hydrogen-bond donors (Lipinski definition) is 0. The Morgan fingerprint density at radius 2 is 1.82 bits per heavy atom. The highest BCUT2D eigenvalue weighted by molar-refractivity contribution is 5.75. The van der Waals surface area contributed by atoms with Crippen molar-refractivity contribution in [2.75, 3.05) is 6.61 Å². The predicted octanol–water partition coefficient (Wildman–Crippen LogP) is 4.35. The van der Waals surface area contributed by atoms with Crippen molar-refractivity contribution in [1.29, 1.82) is 0 Å². The third-order valence-corrected chi connectivity index (χ3v) is 2.67. The first-order valence-electron chi connectivity index (χ1n) is 6.54. The van der Waals surface area contributed by atoms with E-state index in [1.807, 2.05) is 20.8 Å². The van der Waals surface area contributed by atoms with Gasteiger partial charge in [0.25, 0.3) is 0 Å². The van der Waals surface area contributed by atoms with Gasteiger partial charge in [0.15, 0.2) is 0 Å². The maximum absolute atomic E-state index is 11.5. The molecular formula is C15H28O2. The van der Waals surface area contributed by atoms with E-state index in [2.05, 4.69) is 26.8 Å². The Kier molecular flexibility index (Phi) is 7.17. The molecule has 0 saturated heterocycles. The topological polar surface area (TPSA) is 26.3 Å². The van der Waals surface area contributed by atoms with Crippen LogP contribution in [0.2, 0.25) is 0 Å². The second kappa shape index (κ2) is 7.52. The fourth-order valence-electron chi connectivity index (χ4n) is 1.37. The third-order valence-electron chi connectivity index (χ3n) is 2.67. The van der Waals surface area contributed by atoms with Crippen LogP contribution in [-0.2, 0) is 9.53 Å². The zero-order valence-electron chi connectivity index (χ0n) is 12.3. The minimum absolute atomic E-state index is 0.103. The van der Waals surface area contributed by atoms with E-state index in [9.17, 15) is 4.79 Å². The van der Waals surface area contributed by atoms with Crippen LogP contribution in [0.1, 0.15) is 60.8 Å². The van der Waals surface area contributed by atoms with Crippen molar-refractivity contribution < 1.29 is 9.53 Å². The molecule has 0 spiro atoms. The Morgan fingerprint density at radius 1 is 1.24 bits per heavy atom. The summed E-state index contributed by atoms with van der Waals surface area (Å²) >= 11 is 0. The van der Waals surface area contributed by atoms with Crippen LogP contribution in [0.5, 0.6) is 0 Å². The Morgan fingerprint density at radius 3 is 2.29 bits per heavy atom. The van der Waals surface area contributed by atoms with E-state index in [-0.39, 0.29) is 11.4 Å². The van der Waals surface area contributed by atoms with Crippen molar-refractivity contribution in [2.24, 2.45) is 11.3 Å². The van der Waals surface area contributed by atoms with Gasteiger partial charge in [-0.05, 0) is 59.8 Å². The van der Waals surface area contributed by atoms with Gasteiger partial charge in [0, 0.05) is 0 Å². The maximum atomic E-state index is 11.5. The molecule has 0 amide bonds. The molecule has 2 heteroatoms. The lowest BCUT2D eigenvalue weighted by atomic mass is 9.97. The highest BCUT2D eigenvalue weighted by Gasteiger charge is 2.22. The van der Waals surface area contributed by atoms with Crippen LogP contribution >= 0.6 is 0 Å². The number of rotatable bonds is 6. The highest BCUT2D eigenvalue weighted by Crippen LogP contribution is 2.17. The minimum atomic E-state index is -0.384. The van der Waals surface area contributed by atoms with Gasteiger partial charge in [0.05, 0.1) is 12.0 Å². The molecular weight excluding hydrogens is 212 g/mol. The van der Waals surface area contributed by atoms with Crippen LogP contribution in [0.25, 0.3) is 0 Å². The first-order valence-corrected chi connectivity index (χ1v) is 6.54. The molecule has 0 aromatic heterocycles. The quantitative estimate of drug-likeness (QED) is 0.509. The molecule has 1 unspecified atom stereocenters. The summed E-state index contributed by atoms with van der Waals surface area (Å²) in [6, 6.07) is 0. The summed E-state index contributed by atoms with van der Waals surface area (Å²) in [5, 5.41) is 0. The summed E-state index contributed by atoms with van der Waals surface area (Å²) in [5.41, 5.74) is 0.988. The lowest BCUT2D eigenvalue weighted by Crippen LogP contribution is -2.23. The molecule has 0 rings (SSSR count). The van der Waals surface area contributed by atoms with Gasteiger partial charge >= 0.3 is 5.97 Å². The van der Waals surface area contributed by atoms with Crippen molar-refractivity contribution in [3.63, 3.8) is 0 Å². The molecule has 0 N–H and O–H groups in total. The maximum Gasteiger partial charge on any atom is 0.311 e. The van der Waals surface area contributed by atoms with Gasteiger partial charge in [-0.2, -0.15) is 0 Å². The standard InChI is InChI=1S/C15H28O2/c1-12(2)8-7-9-13(3)10-11-17-14(16)15(4,5)6/h8,13H,7,9-11H2,1-6H3. The van der Waals surface area contributed by atoms with Crippen molar-refractivity contribution in [3.8, 4) is 0 Å². The van der Waals surface area contributed by atoms with Gasteiger partial charge in [-0.25, -0.2) is 0 Å². The molecule has 0 aliphatic carbocycles. The number of esters is 1. The molecule has 0 fully saturated rings. The fourth-order valence-corrected chi connectivity index (χ4v) is 1.37. The van der Waals surface area contributed by atoms with Gasteiger partial charge in [-0.1, -0.05) is 18.6 Å². The third kappa shape index (κ3) is 8.96. The molecule has 17 heavy (non-hydrogen) atoms. The molecule has 0 heterocycles. The summed E-state index contributed by atoms with van der Waals surface area (Å²) in [7, 11) is 0. The van der Waals surface area contributed by atoms with E-state index in [4.69, 9.17) is 4.74 Å². The van der Waals surface area contributed by atoms with Crippen molar-refractivity contribution in [2.45, 2.75) is 60.8 Å². The van der Waals surface area contributed by atoms with E-state index in [0.717, 1.165) is 19.3 Å². The molecule has 0 aromatic carbocycles. The molecule has 100 valence electrons. The van der Waals surface area contributed by atoms with Crippen LogP contribution in [0.4, 0.5) is 0 Å². The molecule has 0 bridgehead atoms. The second-order valence-electron chi connectivity index (χ2n) is 6.14. The van der Waals surface area contributed by atoms with Gasteiger partial charge in [0.1, 0.15) is 0 Å². The number of ether oxygens (including phenoxy) is 1. The van der Waals surface area contributed by atoms with Gasteiger partial charge < -0.3 is 4.74 Å². The SMILES string of the molecule is CC(C)=CCCC(C)CCOC(=O)C(C)(C)C. The van der Waals surface area contributed by atoms with E-state index >= 15 is 0 Å². The summed E-state index contributed by atoms with van der Waals surface area (Å²) in [6.45, 7) is 12.6. The van der Waals surface area contributed by atoms with E-state index in [1.165, 1.54) is 5.57 Å². The summed E-state index contributed by atoms with van der Waals surface area (Å²) in [6.07, 6.45) is 5.51. The summed E-state index contributed by atoms with van der Waals surface area (Å²) < 4.78 is 5.25. The minimum Gasteiger partial charge on any atom is -0.465 e. The van der Waals surface area contributed by atoms with Gasteiger partial charge in [-0.3, -0.25) is 4.79 Å². The Bertz CT molecular complexity index is 255. The van der Waals surface area contributed by atoms with Crippen molar-refractivity contribution in [1.82, 2.24) is 0 Å². The first-order chi connectivity index (χ1) is 7.73. The predicted molar refractivity (Wildman–Crippen MR) is 72.9 cm³/mol. The molecule has 0 aliphatic rings. The summed E-state index contributed by atoms with van der Waals surface area (Å²) in [5.74, 6) is 0.507. The molecule has 2 nitrogen and oxygen atoms in total. The zero-order valence-corrected chi connectivity index (χ0v) is 12.3. The second-order valence-corrected chi connectivity index (χ2v) is 6.14.